The highest BCUT2D eigenvalue weighted by molar-refractivity contribution is 5.83. The van der Waals surface area contributed by atoms with Gasteiger partial charge in [-0.05, 0) is 24.7 Å². The number of likely N-dealkylation sites (N-methyl/N-ethyl adjacent to an activating group) is 1. The minimum atomic E-state index is 0.209. The van der Waals surface area contributed by atoms with E-state index in [0.717, 1.165) is 36.5 Å². The van der Waals surface area contributed by atoms with Crippen molar-refractivity contribution in [1.82, 2.24) is 4.90 Å². The van der Waals surface area contributed by atoms with Crippen LogP contribution >= 0.6 is 0 Å². The van der Waals surface area contributed by atoms with E-state index >= 15 is 0 Å². The van der Waals surface area contributed by atoms with Crippen LogP contribution in [-0.4, -0.2) is 36.9 Å². The Labute approximate surface area is 145 Å². The molecule has 0 aromatic heterocycles. The van der Waals surface area contributed by atoms with E-state index in [0.29, 0.717) is 19.4 Å². The van der Waals surface area contributed by atoms with Gasteiger partial charge in [-0.2, -0.15) is 0 Å². The van der Waals surface area contributed by atoms with Gasteiger partial charge >= 0.3 is 0 Å². The van der Waals surface area contributed by atoms with Crippen LogP contribution in [0.2, 0.25) is 0 Å². The lowest BCUT2D eigenvalue weighted by Gasteiger charge is -2.19. The van der Waals surface area contributed by atoms with Gasteiger partial charge in [-0.25, -0.2) is 0 Å². The summed E-state index contributed by atoms with van der Waals surface area (Å²) in [5.74, 6) is 1.03. The van der Waals surface area contributed by atoms with Crippen molar-refractivity contribution in [2.75, 3.05) is 26.2 Å². The topological polar surface area (TPSA) is 29.5 Å². The Kier molecular flexibility index (Phi) is 7.50. The Morgan fingerprint density at radius 2 is 1.58 bits per heavy atom. The Hall–Kier alpha value is -2.13. The van der Waals surface area contributed by atoms with Gasteiger partial charge < -0.3 is 9.64 Å². The highest BCUT2D eigenvalue weighted by Crippen LogP contribution is 2.19. The number of para-hydroxylation sites is 1. The number of hydrogen-bond donors (Lipinski definition) is 0. The average molecular weight is 325 g/mol. The first-order valence-electron chi connectivity index (χ1n) is 8.71. The van der Waals surface area contributed by atoms with Crippen molar-refractivity contribution < 1.29 is 9.53 Å². The largest absolute Gasteiger partial charge is 0.492 e. The third kappa shape index (κ3) is 5.82. The fraction of sp³-hybridized carbons (Fsp3) is 0.381. The molecular formula is C21H27NO2. The summed E-state index contributed by atoms with van der Waals surface area (Å²) < 4.78 is 5.93. The van der Waals surface area contributed by atoms with Gasteiger partial charge in [-0.3, -0.25) is 4.79 Å². The lowest BCUT2D eigenvalue weighted by atomic mass is 10.0. The molecule has 2 rings (SSSR count). The summed E-state index contributed by atoms with van der Waals surface area (Å²) in [6.45, 7) is 7.90. The zero-order chi connectivity index (χ0) is 17.2. The van der Waals surface area contributed by atoms with Crippen LogP contribution in [0.5, 0.6) is 5.75 Å². The van der Waals surface area contributed by atoms with E-state index in [2.05, 4.69) is 18.7 Å². The van der Waals surface area contributed by atoms with E-state index in [1.54, 1.807) is 0 Å². The van der Waals surface area contributed by atoms with E-state index in [1.165, 1.54) is 0 Å². The lowest BCUT2D eigenvalue weighted by Crippen LogP contribution is -2.28. The number of benzene rings is 2. The molecule has 0 fully saturated rings. The van der Waals surface area contributed by atoms with Gasteiger partial charge in [0.15, 0.2) is 0 Å². The quantitative estimate of drug-likeness (QED) is 0.666. The molecule has 0 aliphatic heterocycles. The molecule has 0 spiro atoms. The Morgan fingerprint density at radius 1 is 0.917 bits per heavy atom. The van der Waals surface area contributed by atoms with Crippen LogP contribution in [0.25, 0.3) is 0 Å². The van der Waals surface area contributed by atoms with Gasteiger partial charge in [0.2, 0.25) is 0 Å². The first-order chi connectivity index (χ1) is 11.7. The van der Waals surface area contributed by atoms with E-state index in [4.69, 9.17) is 4.74 Å². The molecule has 3 heteroatoms. The summed E-state index contributed by atoms with van der Waals surface area (Å²) in [5, 5.41) is 0. The number of Topliss-reactive ketones (excluding diaryl/α,β-unsaturated/α-hetero) is 1. The first kappa shape index (κ1) is 18.2. The Bertz CT molecular complexity index is 621. The minimum absolute atomic E-state index is 0.209. The molecule has 0 radical (unpaired) electrons. The molecule has 3 nitrogen and oxygen atoms in total. The number of ether oxygens (including phenoxy) is 1. The van der Waals surface area contributed by atoms with Crippen LogP contribution in [0.3, 0.4) is 0 Å². The van der Waals surface area contributed by atoms with Crippen LogP contribution in [0.15, 0.2) is 54.6 Å². The summed E-state index contributed by atoms with van der Waals surface area (Å²) in [5.41, 5.74) is 2.03. The zero-order valence-corrected chi connectivity index (χ0v) is 14.7. The lowest BCUT2D eigenvalue weighted by molar-refractivity contribution is -0.117. The van der Waals surface area contributed by atoms with Gasteiger partial charge in [0.25, 0.3) is 0 Å². The van der Waals surface area contributed by atoms with E-state index in [1.807, 2.05) is 54.6 Å². The van der Waals surface area contributed by atoms with Crippen LogP contribution < -0.4 is 4.74 Å². The molecule has 2 aromatic carbocycles. The maximum atomic E-state index is 12.3. The summed E-state index contributed by atoms with van der Waals surface area (Å²) in [7, 11) is 0. The Morgan fingerprint density at radius 3 is 2.29 bits per heavy atom. The molecule has 0 unspecified atom stereocenters. The predicted octanol–water partition coefficient (Wildman–Crippen LogP) is 3.76. The van der Waals surface area contributed by atoms with E-state index in [9.17, 15) is 4.79 Å². The normalized spacial score (nSPS) is 10.8. The first-order valence-corrected chi connectivity index (χ1v) is 8.71. The van der Waals surface area contributed by atoms with E-state index in [-0.39, 0.29) is 5.78 Å². The molecule has 0 atom stereocenters. The third-order valence-corrected chi connectivity index (χ3v) is 4.16. The number of nitrogens with zero attached hydrogens (tertiary/aromatic N) is 1. The van der Waals surface area contributed by atoms with Gasteiger partial charge in [0.05, 0.1) is 0 Å². The van der Waals surface area contributed by atoms with Crippen molar-refractivity contribution in [2.24, 2.45) is 0 Å². The van der Waals surface area contributed by atoms with Crippen molar-refractivity contribution >= 4 is 5.78 Å². The van der Waals surface area contributed by atoms with Crippen molar-refractivity contribution in [2.45, 2.75) is 26.7 Å². The molecular weight excluding hydrogens is 298 g/mol. The van der Waals surface area contributed by atoms with Gasteiger partial charge in [0.1, 0.15) is 18.1 Å². The van der Waals surface area contributed by atoms with Crippen LogP contribution in [0.4, 0.5) is 0 Å². The monoisotopic (exact) mass is 325 g/mol. The average Bonchev–Trinajstić information content (AvgIpc) is 2.61. The molecule has 0 amide bonds. The number of carbonyl (C=O) groups excluding carboxylic acids is 1. The highest BCUT2D eigenvalue weighted by atomic mass is 16.5. The molecule has 0 saturated heterocycles. The second-order valence-corrected chi connectivity index (χ2v) is 5.86. The minimum Gasteiger partial charge on any atom is -0.492 e. The summed E-state index contributed by atoms with van der Waals surface area (Å²) >= 11 is 0. The maximum Gasteiger partial charge on any atom is 0.141 e. The summed E-state index contributed by atoms with van der Waals surface area (Å²) in [6, 6.07) is 17.7. The van der Waals surface area contributed by atoms with E-state index < -0.39 is 0 Å². The SMILES string of the molecule is CCN(CC)CCOc1ccccc1CC(=O)Cc1ccccc1. The molecule has 0 bridgehead atoms. The Balaban J connectivity index is 1.92. The molecule has 0 heterocycles. The number of rotatable bonds is 10. The molecule has 0 saturated carbocycles. The number of hydrogen-bond acceptors (Lipinski definition) is 3. The third-order valence-electron chi connectivity index (χ3n) is 4.16. The van der Waals surface area contributed by atoms with Crippen molar-refractivity contribution in [1.29, 1.82) is 0 Å². The zero-order valence-electron chi connectivity index (χ0n) is 14.7. The molecule has 0 aliphatic carbocycles. The maximum absolute atomic E-state index is 12.3. The fourth-order valence-corrected chi connectivity index (χ4v) is 2.71. The van der Waals surface area contributed by atoms with Gasteiger partial charge in [-0.15, -0.1) is 0 Å². The smallest absolute Gasteiger partial charge is 0.141 e. The van der Waals surface area contributed by atoms with Crippen LogP contribution in [0.1, 0.15) is 25.0 Å². The van der Waals surface area contributed by atoms with Crippen LogP contribution in [-0.2, 0) is 17.6 Å². The second kappa shape index (κ2) is 9.89. The molecule has 0 N–H and O–H groups in total. The van der Waals surface area contributed by atoms with Crippen molar-refractivity contribution in [3.63, 3.8) is 0 Å². The number of carbonyl (C=O) groups is 1. The van der Waals surface area contributed by atoms with Crippen molar-refractivity contribution in [3.8, 4) is 5.75 Å². The van der Waals surface area contributed by atoms with Crippen molar-refractivity contribution in [3.05, 3.63) is 65.7 Å². The standard InChI is InChI=1S/C21H27NO2/c1-3-22(4-2)14-15-24-21-13-9-8-12-19(21)17-20(23)16-18-10-6-5-7-11-18/h5-13H,3-4,14-17H2,1-2H3. The molecule has 128 valence electrons. The molecule has 24 heavy (non-hydrogen) atoms. The predicted molar refractivity (Wildman–Crippen MR) is 98.6 cm³/mol. The summed E-state index contributed by atoms with van der Waals surface area (Å²) in [6.07, 6.45) is 0.880. The highest BCUT2D eigenvalue weighted by Gasteiger charge is 2.10. The molecule has 0 aliphatic rings. The van der Waals surface area contributed by atoms with Gasteiger partial charge in [-0.1, -0.05) is 62.4 Å². The number of ketones is 1. The second-order valence-electron chi connectivity index (χ2n) is 5.86. The fourth-order valence-electron chi connectivity index (χ4n) is 2.71. The van der Waals surface area contributed by atoms with Gasteiger partial charge in [0, 0.05) is 24.9 Å². The van der Waals surface area contributed by atoms with Crippen LogP contribution in [0, 0.1) is 0 Å². The summed E-state index contributed by atoms with van der Waals surface area (Å²) in [4.78, 5) is 14.7. The molecule has 2 aromatic rings.